The van der Waals surface area contributed by atoms with Gasteiger partial charge in [0.15, 0.2) is 0 Å². The third kappa shape index (κ3) is 2.41. The summed E-state index contributed by atoms with van der Waals surface area (Å²) in [6.45, 7) is 3.01. The molecule has 3 unspecified atom stereocenters. The van der Waals surface area contributed by atoms with Crippen LogP contribution in [0.25, 0.3) is 0 Å². The Hall–Kier alpha value is -0.800. The zero-order chi connectivity index (χ0) is 10.7. The molecule has 1 fully saturated rings. The fraction of sp³-hybridized carbons (Fsp3) is 0.667. The van der Waals surface area contributed by atoms with Gasteiger partial charge in [-0.05, 0) is 25.0 Å². The van der Waals surface area contributed by atoms with Gasteiger partial charge >= 0.3 is 0 Å². The lowest BCUT2D eigenvalue weighted by Crippen LogP contribution is -2.36. The summed E-state index contributed by atoms with van der Waals surface area (Å²) in [6.07, 6.45) is 4.99. The first-order chi connectivity index (χ1) is 7.31. The van der Waals surface area contributed by atoms with E-state index in [1.165, 1.54) is 0 Å². The highest BCUT2D eigenvalue weighted by molar-refractivity contribution is 5.01. The molecule has 1 aromatic heterocycles. The fourth-order valence-corrected chi connectivity index (χ4v) is 2.39. The summed E-state index contributed by atoms with van der Waals surface area (Å²) in [5.41, 5.74) is 6.20. The zero-order valence-electron chi connectivity index (χ0n) is 9.19. The second-order valence-electron chi connectivity index (χ2n) is 4.22. The molecule has 0 radical (unpaired) electrons. The lowest BCUT2D eigenvalue weighted by atomic mass is 9.89. The Kier molecular flexibility index (Phi) is 3.44. The maximum atomic E-state index is 6.20. The van der Waals surface area contributed by atoms with E-state index in [9.17, 15) is 0 Å². The minimum absolute atomic E-state index is 0.156. The van der Waals surface area contributed by atoms with E-state index < -0.39 is 0 Å². The Morgan fingerprint density at radius 1 is 1.60 bits per heavy atom. The van der Waals surface area contributed by atoms with Crippen molar-refractivity contribution in [2.24, 2.45) is 11.7 Å². The van der Waals surface area contributed by atoms with E-state index in [4.69, 9.17) is 14.9 Å². The fourth-order valence-electron chi connectivity index (χ4n) is 2.39. The SMILES string of the molecule is CCC1OCCC1C(N)Cc1ccco1. The molecule has 1 aliphatic rings. The van der Waals surface area contributed by atoms with Crippen LogP contribution in [-0.4, -0.2) is 18.8 Å². The van der Waals surface area contributed by atoms with E-state index in [-0.39, 0.29) is 6.04 Å². The molecule has 0 bridgehead atoms. The molecule has 0 aliphatic carbocycles. The van der Waals surface area contributed by atoms with E-state index in [1.807, 2.05) is 12.1 Å². The number of rotatable bonds is 4. The Balaban J connectivity index is 1.92. The lowest BCUT2D eigenvalue weighted by Gasteiger charge is -2.22. The molecule has 3 atom stereocenters. The van der Waals surface area contributed by atoms with Crippen molar-refractivity contribution in [1.29, 1.82) is 0 Å². The summed E-state index contributed by atoms with van der Waals surface area (Å²) < 4.78 is 11.0. The monoisotopic (exact) mass is 209 g/mol. The van der Waals surface area contributed by atoms with Gasteiger partial charge < -0.3 is 14.9 Å². The maximum absolute atomic E-state index is 6.20. The van der Waals surface area contributed by atoms with Crippen molar-refractivity contribution >= 4 is 0 Å². The summed E-state index contributed by atoms with van der Waals surface area (Å²) >= 11 is 0. The Labute approximate surface area is 90.6 Å². The molecule has 2 rings (SSSR count). The summed E-state index contributed by atoms with van der Waals surface area (Å²) in [6, 6.07) is 4.05. The number of hydrogen-bond donors (Lipinski definition) is 1. The van der Waals surface area contributed by atoms with Crippen LogP contribution < -0.4 is 5.73 Å². The molecule has 0 spiro atoms. The first kappa shape index (κ1) is 10.7. The molecule has 0 aromatic carbocycles. The minimum atomic E-state index is 0.156. The first-order valence-electron chi connectivity index (χ1n) is 5.70. The Morgan fingerprint density at radius 3 is 3.13 bits per heavy atom. The average molecular weight is 209 g/mol. The molecule has 84 valence electrons. The molecule has 1 aromatic rings. The van der Waals surface area contributed by atoms with Crippen LogP contribution in [0.5, 0.6) is 0 Å². The van der Waals surface area contributed by atoms with Gasteiger partial charge in [0.25, 0.3) is 0 Å². The molecule has 0 amide bonds. The molecule has 3 nitrogen and oxygen atoms in total. The van der Waals surface area contributed by atoms with Crippen LogP contribution in [0.1, 0.15) is 25.5 Å². The van der Waals surface area contributed by atoms with Crippen molar-refractivity contribution in [2.45, 2.75) is 38.3 Å². The van der Waals surface area contributed by atoms with E-state index in [0.717, 1.165) is 31.6 Å². The molecular formula is C12H19NO2. The normalized spacial score (nSPS) is 28.1. The van der Waals surface area contributed by atoms with E-state index in [2.05, 4.69) is 6.92 Å². The molecule has 2 heterocycles. The van der Waals surface area contributed by atoms with Crippen LogP contribution in [0.4, 0.5) is 0 Å². The van der Waals surface area contributed by atoms with Gasteiger partial charge in [-0.3, -0.25) is 0 Å². The van der Waals surface area contributed by atoms with Crippen LogP contribution >= 0.6 is 0 Å². The van der Waals surface area contributed by atoms with Gasteiger partial charge in [-0.2, -0.15) is 0 Å². The Bertz CT molecular complexity index is 284. The highest BCUT2D eigenvalue weighted by Crippen LogP contribution is 2.27. The Morgan fingerprint density at radius 2 is 2.47 bits per heavy atom. The van der Waals surface area contributed by atoms with Crippen LogP contribution in [0, 0.1) is 5.92 Å². The average Bonchev–Trinajstić information content (AvgIpc) is 2.86. The second-order valence-corrected chi connectivity index (χ2v) is 4.22. The van der Waals surface area contributed by atoms with E-state index in [1.54, 1.807) is 6.26 Å². The number of ether oxygens (including phenoxy) is 1. The van der Waals surface area contributed by atoms with Gasteiger partial charge in [-0.15, -0.1) is 0 Å². The standard InChI is InChI=1S/C12H19NO2/c1-2-12-10(5-7-15-12)11(13)8-9-4-3-6-14-9/h3-4,6,10-12H,2,5,7-8,13H2,1H3. The first-order valence-corrected chi connectivity index (χ1v) is 5.70. The molecule has 0 saturated carbocycles. The van der Waals surface area contributed by atoms with Crippen molar-refractivity contribution in [3.63, 3.8) is 0 Å². The maximum Gasteiger partial charge on any atom is 0.105 e. The highest BCUT2D eigenvalue weighted by Gasteiger charge is 2.31. The third-order valence-corrected chi connectivity index (χ3v) is 3.23. The zero-order valence-corrected chi connectivity index (χ0v) is 9.19. The van der Waals surface area contributed by atoms with Crippen LogP contribution in [-0.2, 0) is 11.2 Å². The predicted octanol–water partition coefficient (Wildman–Crippen LogP) is 1.96. The molecule has 1 saturated heterocycles. The van der Waals surface area contributed by atoms with Gasteiger partial charge in [0.1, 0.15) is 5.76 Å². The van der Waals surface area contributed by atoms with Gasteiger partial charge in [0.2, 0.25) is 0 Å². The van der Waals surface area contributed by atoms with Crippen LogP contribution in [0.3, 0.4) is 0 Å². The summed E-state index contributed by atoms with van der Waals surface area (Å²) in [4.78, 5) is 0. The minimum Gasteiger partial charge on any atom is -0.469 e. The van der Waals surface area contributed by atoms with Crippen molar-refractivity contribution in [1.82, 2.24) is 0 Å². The second kappa shape index (κ2) is 4.81. The molecule has 2 N–H and O–H groups in total. The predicted molar refractivity (Wildman–Crippen MR) is 58.5 cm³/mol. The van der Waals surface area contributed by atoms with Crippen molar-refractivity contribution in [3.8, 4) is 0 Å². The van der Waals surface area contributed by atoms with Crippen molar-refractivity contribution < 1.29 is 9.15 Å². The van der Waals surface area contributed by atoms with Crippen LogP contribution in [0.2, 0.25) is 0 Å². The topological polar surface area (TPSA) is 48.4 Å². The van der Waals surface area contributed by atoms with Gasteiger partial charge in [-0.1, -0.05) is 6.92 Å². The highest BCUT2D eigenvalue weighted by atomic mass is 16.5. The number of furan rings is 1. The van der Waals surface area contributed by atoms with Crippen molar-refractivity contribution in [2.75, 3.05) is 6.61 Å². The quantitative estimate of drug-likeness (QED) is 0.824. The summed E-state index contributed by atoms with van der Waals surface area (Å²) in [7, 11) is 0. The number of nitrogens with two attached hydrogens (primary N) is 1. The molecule has 15 heavy (non-hydrogen) atoms. The molecule has 1 aliphatic heterocycles. The summed E-state index contributed by atoms with van der Waals surface area (Å²) in [5.74, 6) is 1.46. The van der Waals surface area contributed by atoms with E-state index >= 15 is 0 Å². The lowest BCUT2D eigenvalue weighted by molar-refractivity contribution is 0.0809. The van der Waals surface area contributed by atoms with Crippen LogP contribution in [0.15, 0.2) is 22.8 Å². The third-order valence-electron chi connectivity index (χ3n) is 3.23. The van der Waals surface area contributed by atoms with Gasteiger partial charge in [0, 0.05) is 25.0 Å². The largest absolute Gasteiger partial charge is 0.469 e. The van der Waals surface area contributed by atoms with Gasteiger partial charge in [-0.25, -0.2) is 0 Å². The molecular weight excluding hydrogens is 190 g/mol. The molecule has 3 heteroatoms. The summed E-state index contributed by atoms with van der Waals surface area (Å²) in [5, 5.41) is 0. The van der Waals surface area contributed by atoms with Crippen molar-refractivity contribution in [3.05, 3.63) is 24.2 Å². The van der Waals surface area contributed by atoms with Gasteiger partial charge in [0.05, 0.1) is 12.4 Å². The number of hydrogen-bond acceptors (Lipinski definition) is 3. The van der Waals surface area contributed by atoms with E-state index in [0.29, 0.717) is 12.0 Å². The smallest absolute Gasteiger partial charge is 0.105 e.